The number of benzene rings is 3. The van der Waals surface area contributed by atoms with Gasteiger partial charge in [-0.05, 0) is 83.6 Å². The maximum absolute atomic E-state index is 13.6. The third kappa shape index (κ3) is 8.53. The summed E-state index contributed by atoms with van der Waals surface area (Å²) in [6, 6.07) is 15.9. The van der Waals surface area contributed by atoms with Gasteiger partial charge in [0.2, 0.25) is 0 Å². The second-order valence-electron chi connectivity index (χ2n) is 7.24. The van der Waals surface area contributed by atoms with Crippen molar-refractivity contribution >= 4 is 73.8 Å². The molecule has 0 aliphatic rings. The number of halogens is 3. The fourth-order valence-electron chi connectivity index (χ4n) is 2.89. The van der Waals surface area contributed by atoms with E-state index in [4.69, 9.17) is 9.47 Å². The summed E-state index contributed by atoms with van der Waals surface area (Å²) in [5.74, 6) is -2.41. The molecule has 0 aliphatic carbocycles. The molecule has 0 heterocycles. The summed E-state index contributed by atoms with van der Waals surface area (Å²) in [5, 5.41) is 8.69. The summed E-state index contributed by atoms with van der Waals surface area (Å²) in [7, 11) is 0. The summed E-state index contributed by atoms with van der Waals surface area (Å²) in [6.45, 7) is 1.89. The predicted octanol–water partition coefficient (Wildman–Crippen LogP) is 4.70. The molecule has 0 atom stereocenters. The van der Waals surface area contributed by atoms with Gasteiger partial charge in [0.15, 0.2) is 18.1 Å². The molecular weight excluding hydrogens is 662 g/mol. The van der Waals surface area contributed by atoms with E-state index in [-0.39, 0.29) is 18.2 Å². The van der Waals surface area contributed by atoms with Gasteiger partial charge in [0.1, 0.15) is 5.82 Å². The first-order chi connectivity index (χ1) is 17.8. The lowest BCUT2D eigenvalue weighted by atomic mass is 10.2. The van der Waals surface area contributed by atoms with Crippen molar-refractivity contribution in [3.63, 3.8) is 0 Å². The first kappa shape index (κ1) is 28.1. The van der Waals surface area contributed by atoms with Crippen LogP contribution in [0.3, 0.4) is 0 Å². The zero-order chi connectivity index (χ0) is 26.8. The van der Waals surface area contributed by atoms with E-state index in [1.807, 2.05) is 34.7 Å². The Bertz CT molecular complexity index is 1320. The number of carbonyl (C=O) groups excluding carboxylic acids is 3. The minimum Gasteiger partial charge on any atom is -0.490 e. The van der Waals surface area contributed by atoms with E-state index in [9.17, 15) is 18.8 Å². The third-order valence-electron chi connectivity index (χ3n) is 4.52. The molecule has 0 saturated carbocycles. The predicted molar refractivity (Wildman–Crippen MR) is 149 cm³/mol. The lowest BCUT2D eigenvalue weighted by Gasteiger charge is -2.14. The molecule has 0 unspecified atom stereocenters. The molecule has 3 amide bonds. The Morgan fingerprint density at radius 2 is 1.76 bits per heavy atom. The molecule has 0 radical (unpaired) electrons. The number of rotatable bonds is 9. The zero-order valence-electron chi connectivity index (χ0n) is 19.4. The average molecular weight is 683 g/mol. The fraction of sp³-hybridized carbons (Fsp3) is 0.120. The molecule has 12 heteroatoms. The SMILES string of the molecule is CCOc1cc(/C=N\NC(=O)C(=O)Nc2ccccc2F)cc(I)c1OCC(=O)Nc1ccc(Br)cc1. The summed E-state index contributed by atoms with van der Waals surface area (Å²) >= 11 is 5.37. The van der Waals surface area contributed by atoms with Crippen LogP contribution in [0, 0.1) is 9.39 Å². The normalized spacial score (nSPS) is 10.6. The van der Waals surface area contributed by atoms with Crippen LogP contribution in [0.5, 0.6) is 11.5 Å². The summed E-state index contributed by atoms with van der Waals surface area (Å²) in [4.78, 5) is 36.3. The van der Waals surface area contributed by atoms with Crippen LogP contribution < -0.4 is 25.5 Å². The van der Waals surface area contributed by atoms with Crippen molar-refractivity contribution in [1.82, 2.24) is 5.43 Å². The highest BCUT2D eigenvalue weighted by molar-refractivity contribution is 14.1. The van der Waals surface area contributed by atoms with E-state index in [1.165, 1.54) is 24.4 Å². The molecular formula is C25H21BrFIN4O5. The van der Waals surface area contributed by atoms with Crippen molar-refractivity contribution in [3.05, 3.63) is 80.1 Å². The van der Waals surface area contributed by atoms with Crippen molar-refractivity contribution in [3.8, 4) is 11.5 Å². The monoisotopic (exact) mass is 682 g/mol. The van der Waals surface area contributed by atoms with E-state index in [0.29, 0.717) is 32.9 Å². The average Bonchev–Trinajstić information content (AvgIpc) is 2.86. The van der Waals surface area contributed by atoms with Crippen molar-refractivity contribution in [2.24, 2.45) is 5.10 Å². The quantitative estimate of drug-likeness (QED) is 0.131. The molecule has 3 aromatic rings. The Kier molecular flexibility index (Phi) is 10.4. The zero-order valence-corrected chi connectivity index (χ0v) is 23.1. The lowest BCUT2D eigenvalue weighted by Crippen LogP contribution is -2.32. The van der Waals surface area contributed by atoms with Gasteiger partial charge in [0, 0.05) is 10.2 Å². The second-order valence-corrected chi connectivity index (χ2v) is 9.32. The minimum atomic E-state index is -1.07. The molecule has 0 bridgehead atoms. The molecule has 0 spiro atoms. The van der Waals surface area contributed by atoms with Crippen LogP contribution in [0.4, 0.5) is 15.8 Å². The number of hydrazone groups is 1. The fourth-order valence-corrected chi connectivity index (χ4v) is 3.94. The Morgan fingerprint density at radius 1 is 1.03 bits per heavy atom. The van der Waals surface area contributed by atoms with Gasteiger partial charge in [-0.25, -0.2) is 9.82 Å². The highest BCUT2D eigenvalue weighted by Crippen LogP contribution is 2.34. The Labute approximate surface area is 234 Å². The van der Waals surface area contributed by atoms with Gasteiger partial charge in [-0.1, -0.05) is 28.1 Å². The number of para-hydroxylation sites is 1. The number of hydrogen-bond donors (Lipinski definition) is 3. The van der Waals surface area contributed by atoms with Gasteiger partial charge in [-0.2, -0.15) is 5.10 Å². The van der Waals surface area contributed by atoms with Crippen LogP contribution in [-0.4, -0.2) is 37.1 Å². The minimum absolute atomic E-state index is 0.122. The molecule has 0 aromatic heterocycles. The van der Waals surface area contributed by atoms with Crippen LogP contribution in [0.25, 0.3) is 0 Å². The second kappa shape index (κ2) is 13.7. The van der Waals surface area contributed by atoms with Crippen LogP contribution in [0.1, 0.15) is 12.5 Å². The highest BCUT2D eigenvalue weighted by atomic mass is 127. The maximum Gasteiger partial charge on any atom is 0.329 e. The first-order valence-electron chi connectivity index (χ1n) is 10.8. The van der Waals surface area contributed by atoms with Crippen LogP contribution in [-0.2, 0) is 14.4 Å². The topological polar surface area (TPSA) is 118 Å². The van der Waals surface area contributed by atoms with Gasteiger partial charge < -0.3 is 20.1 Å². The van der Waals surface area contributed by atoms with Crippen molar-refractivity contribution < 1.29 is 28.2 Å². The van der Waals surface area contributed by atoms with E-state index in [0.717, 1.165) is 10.5 Å². The number of nitrogens with zero attached hydrogens (tertiary/aromatic N) is 1. The number of anilines is 2. The molecule has 0 aliphatic heterocycles. The van der Waals surface area contributed by atoms with E-state index >= 15 is 0 Å². The summed E-state index contributed by atoms with van der Waals surface area (Å²) in [6.07, 6.45) is 1.31. The van der Waals surface area contributed by atoms with Gasteiger partial charge in [-0.3, -0.25) is 14.4 Å². The van der Waals surface area contributed by atoms with Crippen molar-refractivity contribution in [2.75, 3.05) is 23.8 Å². The van der Waals surface area contributed by atoms with Gasteiger partial charge >= 0.3 is 11.8 Å². The smallest absolute Gasteiger partial charge is 0.329 e. The van der Waals surface area contributed by atoms with Crippen molar-refractivity contribution in [1.29, 1.82) is 0 Å². The number of hydrogen-bond acceptors (Lipinski definition) is 6. The maximum atomic E-state index is 13.6. The number of ether oxygens (including phenoxy) is 2. The highest BCUT2D eigenvalue weighted by Gasteiger charge is 2.16. The van der Waals surface area contributed by atoms with Crippen LogP contribution in [0.2, 0.25) is 0 Å². The first-order valence-corrected chi connectivity index (χ1v) is 12.7. The molecule has 0 saturated heterocycles. The molecule has 3 N–H and O–H groups in total. The van der Waals surface area contributed by atoms with Gasteiger partial charge in [0.05, 0.1) is 22.1 Å². The molecule has 3 rings (SSSR count). The Balaban J connectivity index is 1.61. The van der Waals surface area contributed by atoms with Crippen LogP contribution >= 0.6 is 38.5 Å². The van der Waals surface area contributed by atoms with Crippen LogP contribution in [0.15, 0.2) is 70.2 Å². The third-order valence-corrected chi connectivity index (χ3v) is 5.85. The molecule has 37 heavy (non-hydrogen) atoms. The van der Waals surface area contributed by atoms with Crippen molar-refractivity contribution in [2.45, 2.75) is 6.92 Å². The molecule has 0 fully saturated rings. The Morgan fingerprint density at radius 3 is 2.46 bits per heavy atom. The Hall–Kier alpha value is -3.52. The van der Waals surface area contributed by atoms with Gasteiger partial charge in [0.25, 0.3) is 5.91 Å². The molecule has 3 aromatic carbocycles. The number of nitrogens with one attached hydrogen (secondary N) is 3. The lowest BCUT2D eigenvalue weighted by molar-refractivity contribution is -0.136. The van der Waals surface area contributed by atoms with E-state index < -0.39 is 17.6 Å². The summed E-state index contributed by atoms with van der Waals surface area (Å²) < 4.78 is 26.5. The van der Waals surface area contributed by atoms with E-state index in [2.05, 4.69) is 37.1 Å². The summed E-state index contributed by atoms with van der Waals surface area (Å²) in [5.41, 5.74) is 3.14. The number of carbonyl (C=O) groups is 3. The molecule has 192 valence electrons. The molecule has 9 nitrogen and oxygen atoms in total. The van der Waals surface area contributed by atoms with E-state index in [1.54, 1.807) is 31.2 Å². The largest absolute Gasteiger partial charge is 0.490 e. The number of amides is 3. The van der Waals surface area contributed by atoms with Gasteiger partial charge in [-0.15, -0.1) is 0 Å². The standard InChI is InChI=1S/C25H21BrFIN4O5/c1-2-36-21-12-15(13-29-32-25(35)24(34)31-20-6-4-3-5-18(20)27)11-19(28)23(21)37-14-22(33)30-17-9-7-16(26)8-10-17/h3-13H,2,14H2,1H3,(H,30,33)(H,31,34)(H,32,35)/b29-13-.